The van der Waals surface area contributed by atoms with Crippen LogP contribution in [0.3, 0.4) is 0 Å². The summed E-state index contributed by atoms with van der Waals surface area (Å²) in [5.74, 6) is -0.455. The molecule has 98 valence electrons. The van der Waals surface area contributed by atoms with Gasteiger partial charge in [-0.25, -0.2) is 0 Å². The summed E-state index contributed by atoms with van der Waals surface area (Å²) in [5, 5.41) is 0. The van der Waals surface area contributed by atoms with Gasteiger partial charge in [0.1, 0.15) is 0 Å². The summed E-state index contributed by atoms with van der Waals surface area (Å²) in [6, 6.07) is 5.77. The first-order valence-electron chi connectivity index (χ1n) is 6.08. The molecule has 1 amide bonds. The van der Waals surface area contributed by atoms with Crippen LogP contribution in [0.5, 0.6) is 0 Å². The zero-order chi connectivity index (χ0) is 13.1. The number of amides is 1. The molecule has 0 aliphatic heterocycles. The molecule has 4 N–H and O–H groups in total. The Kier molecular flexibility index (Phi) is 3.72. The number of benzene rings is 1. The van der Waals surface area contributed by atoms with Crippen LogP contribution < -0.4 is 16.4 Å². The molecule has 0 saturated heterocycles. The maximum absolute atomic E-state index is 11.1. The van der Waals surface area contributed by atoms with Crippen molar-refractivity contribution in [3.8, 4) is 0 Å². The van der Waals surface area contributed by atoms with Crippen molar-refractivity contribution < 1.29 is 9.53 Å². The zero-order valence-electron chi connectivity index (χ0n) is 10.6. The second-order valence-electron chi connectivity index (χ2n) is 4.56. The third-order valence-electron chi connectivity index (χ3n) is 3.15. The van der Waals surface area contributed by atoms with Crippen LogP contribution in [0.15, 0.2) is 18.2 Å². The molecule has 1 aliphatic carbocycles. The van der Waals surface area contributed by atoms with E-state index in [0.717, 1.165) is 12.2 Å². The first-order valence-corrected chi connectivity index (χ1v) is 6.08. The Hall–Kier alpha value is -1.75. The summed E-state index contributed by atoms with van der Waals surface area (Å²) in [5.41, 5.74) is 13.2. The van der Waals surface area contributed by atoms with Crippen LogP contribution in [0.4, 0.5) is 11.4 Å². The maximum Gasteiger partial charge on any atom is 0.248 e. The van der Waals surface area contributed by atoms with Crippen molar-refractivity contribution in [1.29, 1.82) is 0 Å². The SMILES string of the molecule is COCCN(c1ccc(C(N)=O)cc1N)C1CC1. The lowest BCUT2D eigenvalue weighted by Gasteiger charge is -2.26. The van der Waals surface area contributed by atoms with E-state index in [0.29, 0.717) is 23.9 Å². The number of nitrogen functional groups attached to an aromatic ring is 1. The van der Waals surface area contributed by atoms with Gasteiger partial charge < -0.3 is 21.1 Å². The molecule has 0 radical (unpaired) electrons. The number of primary amides is 1. The monoisotopic (exact) mass is 249 g/mol. The topological polar surface area (TPSA) is 81.6 Å². The van der Waals surface area contributed by atoms with E-state index in [2.05, 4.69) is 4.90 Å². The molecule has 1 fully saturated rings. The lowest BCUT2D eigenvalue weighted by molar-refractivity contribution is 0.100. The van der Waals surface area contributed by atoms with Gasteiger partial charge in [-0.1, -0.05) is 0 Å². The molecule has 5 heteroatoms. The molecule has 1 aliphatic rings. The van der Waals surface area contributed by atoms with Gasteiger partial charge in [-0.05, 0) is 31.0 Å². The fourth-order valence-corrected chi connectivity index (χ4v) is 2.04. The molecule has 0 bridgehead atoms. The van der Waals surface area contributed by atoms with Gasteiger partial charge >= 0.3 is 0 Å². The Morgan fingerprint density at radius 3 is 2.72 bits per heavy atom. The molecule has 5 nitrogen and oxygen atoms in total. The van der Waals surface area contributed by atoms with Gasteiger partial charge in [-0.3, -0.25) is 4.79 Å². The van der Waals surface area contributed by atoms with Gasteiger partial charge in [-0.2, -0.15) is 0 Å². The van der Waals surface area contributed by atoms with Crippen molar-refractivity contribution >= 4 is 17.3 Å². The highest BCUT2D eigenvalue weighted by atomic mass is 16.5. The lowest BCUT2D eigenvalue weighted by Crippen LogP contribution is -2.30. The quantitative estimate of drug-likeness (QED) is 0.736. The van der Waals surface area contributed by atoms with E-state index in [1.165, 1.54) is 12.8 Å². The maximum atomic E-state index is 11.1. The normalized spacial score (nSPS) is 14.5. The molecule has 0 aromatic heterocycles. The Labute approximate surface area is 107 Å². The number of carbonyl (C=O) groups is 1. The van der Waals surface area contributed by atoms with Crippen LogP contribution in [-0.4, -0.2) is 32.2 Å². The molecular weight excluding hydrogens is 230 g/mol. The first-order chi connectivity index (χ1) is 8.63. The summed E-state index contributed by atoms with van der Waals surface area (Å²) in [6.45, 7) is 1.47. The fourth-order valence-electron chi connectivity index (χ4n) is 2.04. The molecule has 1 aromatic rings. The fraction of sp³-hybridized carbons (Fsp3) is 0.462. The second kappa shape index (κ2) is 5.27. The predicted octanol–water partition coefficient (Wildman–Crippen LogP) is 0.983. The minimum absolute atomic E-state index is 0.443. The Morgan fingerprint density at radius 1 is 1.50 bits per heavy atom. The number of rotatable bonds is 6. The van der Waals surface area contributed by atoms with Gasteiger partial charge in [0.05, 0.1) is 18.0 Å². The summed E-state index contributed by atoms with van der Waals surface area (Å²) in [6.07, 6.45) is 2.36. The van der Waals surface area contributed by atoms with Gasteiger partial charge in [-0.15, -0.1) is 0 Å². The van der Waals surface area contributed by atoms with E-state index in [4.69, 9.17) is 16.2 Å². The van der Waals surface area contributed by atoms with Gasteiger partial charge in [0, 0.05) is 25.3 Å². The van der Waals surface area contributed by atoms with Crippen molar-refractivity contribution in [2.75, 3.05) is 30.9 Å². The largest absolute Gasteiger partial charge is 0.397 e. The number of hydrogen-bond donors (Lipinski definition) is 2. The van der Waals surface area contributed by atoms with Crippen molar-refractivity contribution in [2.45, 2.75) is 18.9 Å². The van der Waals surface area contributed by atoms with Crippen molar-refractivity contribution in [3.63, 3.8) is 0 Å². The molecule has 1 aromatic carbocycles. The molecule has 1 saturated carbocycles. The molecule has 0 spiro atoms. The van der Waals surface area contributed by atoms with Crippen LogP contribution in [0.2, 0.25) is 0 Å². The van der Waals surface area contributed by atoms with E-state index in [-0.39, 0.29) is 0 Å². The van der Waals surface area contributed by atoms with E-state index >= 15 is 0 Å². The van der Waals surface area contributed by atoms with Crippen LogP contribution in [0.1, 0.15) is 23.2 Å². The third-order valence-corrected chi connectivity index (χ3v) is 3.15. The van der Waals surface area contributed by atoms with Gasteiger partial charge in [0.2, 0.25) is 5.91 Å². The Morgan fingerprint density at radius 2 is 2.22 bits per heavy atom. The smallest absolute Gasteiger partial charge is 0.248 e. The first kappa shape index (κ1) is 12.7. The summed E-state index contributed by atoms with van der Waals surface area (Å²) in [7, 11) is 1.69. The minimum atomic E-state index is -0.455. The van der Waals surface area contributed by atoms with Crippen molar-refractivity contribution in [3.05, 3.63) is 23.8 Å². The summed E-state index contributed by atoms with van der Waals surface area (Å²) in [4.78, 5) is 13.3. The molecule has 0 atom stereocenters. The van der Waals surface area contributed by atoms with Crippen LogP contribution >= 0.6 is 0 Å². The summed E-state index contributed by atoms with van der Waals surface area (Å²) >= 11 is 0. The van der Waals surface area contributed by atoms with E-state index in [9.17, 15) is 4.79 Å². The van der Waals surface area contributed by atoms with Gasteiger partial charge in [0.15, 0.2) is 0 Å². The highest BCUT2D eigenvalue weighted by molar-refractivity contribution is 5.95. The number of methoxy groups -OCH3 is 1. The minimum Gasteiger partial charge on any atom is -0.397 e. The Balaban J connectivity index is 2.21. The van der Waals surface area contributed by atoms with Crippen LogP contribution in [-0.2, 0) is 4.74 Å². The summed E-state index contributed by atoms with van der Waals surface area (Å²) < 4.78 is 5.12. The highest BCUT2D eigenvalue weighted by Crippen LogP contribution is 2.34. The zero-order valence-corrected chi connectivity index (χ0v) is 10.6. The lowest BCUT2D eigenvalue weighted by atomic mass is 10.1. The van der Waals surface area contributed by atoms with Crippen molar-refractivity contribution in [1.82, 2.24) is 0 Å². The van der Waals surface area contributed by atoms with Gasteiger partial charge in [0.25, 0.3) is 0 Å². The average molecular weight is 249 g/mol. The highest BCUT2D eigenvalue weighted by Gasteiger charge is 2.30. The molecule has 0 heterocycles. The Bertz CT molecular complexity index is 444. The number of nitrogens with two attached hydrogens (primary N) is 2. The molecule has 2 rings (SSSR count). The van der Waals surface area contributed by atoms with E-state index < -0.39 is 5.91 Å². The average Bonchev–Trinajstić information content (AvgIpc) is 3.15. The molecule has 18 heavy (non-hydrogen) atoms. The predicted molar refractivity (Wildman–Crippen MR) is 71.6 cm³/mol. The van der Waals surface area contributed by atoms with Crippen LogP contribution in [0.25, 0.3) is 0 Å². The molecular formula is C13H19N3O2. The number of carbonyl (C=O) groups excluding carboxylic acids is 1. The number of nitrogens with zero attached hydrogens (tertiary/aromatic N) is 1. The third kappa shape index (κ3) is 2.73. The van der Waals surface area contributed by atoms with Crippen molar-refractivity contribution in [2.24, 2.45) is 5.73 Å². The number of anilines is 2. The number of hydrogen-bond acceptors (Lipinski definition) is 4. The van der Waals surface area contributed by atoms with E-state index in [1.807, 2.05) is 6.07 Å². The standard InChI is InChI=1S/C13H19N3O2/c1-18-7-6-16(10-3-4-10)12-5-2-9(13(15)17)8-11(12)14/h2,5,8,10H,3-4,6-7,14H2,1H3,(H2,15,17). The van der Waals surface area contributed by atoms with E-state index in [1.54, 1.807) is 19.2 Å². The second-order valence-corrected chi connectivity index (χ2v) is 4.56. The van der Waals surface area contributed by atoms with Crippen LogP contribution in [0, 0.1) is 0 Å². The number of ether oxygens (including phenoxy) is 1. The molecule has 0 unspecified atom stereocenters.